The van der Waals surface area contributed by atoms with Crippen molar-refractivity contribution in [2.45, 2.75) is 51.8 Å². The highest BCUT2D eigenvalue weighted by atomic mass is 32.2. The zero-order chi connectivity index (χ0) is 29.3. The first kappa shape index (κ1) is 28.5. The number of aromatic nitrogens is 2. The van der Waals surface area contributed by atoms with Gasteiger partial charge in [-0.2, -0.15) is 5.10 Å². The number of carbonyl (C=O) groups excluding carboxylic acids is 2. The van der Waals surface area contributed by atoms with E-state index in [0.717, 1.165) is 39.4 Å². The monoisotopic (exact) mass is 572 g/mol. The van der Waals surface area contributed by atoms with Crippen LogP contribution in [0.1, 0.15) is 59.7 Å². The standard InChI is InChI=1S/C32H36N4O4S/c1-20-13-14-24(21(2)16-20)36-31-28(30(34-36)32(3,4)5)29(23-11-7-8-12-25(23)39-6)41-19-27(38)35(31)18-26(37)33-17-22-10-9-15-40-22/h7-16,29H,17-19H2,1-6H3,(H,33,37). The molecule has 0 radical (unpaired) electrons. The Bertz CT molecular complexity index is 1570. The summed E-state index contributed by atoms with van der Waals surface area (Å²) in [5.41, 5.74) is 5.41. The van der Waals surface area contributed by atoms with E-state index >= 15 is 0 Å². The minimum Gasteiger partial charge on any atom is -0.496 e. The first-order valence-electron chi connectivity index (χ1n) is 13.6. The summed E-state index contributed by atoms with van der Waals surface area (Å²) in [4.78, 5) is 28.8. The summed E-state index contributed by atoms with van der Waals surface area (Å²) >= 11 is 1.53. The molecule has 4 aromatic rings. The molecule has 214 valence electrons. The molecule has 0 fully saturated rings. The number of nitrogens with one attached hydrogen (secondary N) is 1. The quantitative estimate of drug-likeness (QED) is 0.298. The van der Waals surface area contributed by atoms with Crippen LogP contribution in [0, 0.1) is 13.8 Å². The molecule has 0 bridgehead atoms. The molecule has 2 aromatic carbocycles. The van der Waals surface area contributed by atoms with Gasteiger partial charge in [0.05, 0.1) is 42.3 Å². The number of amides is 2. The van der Waals surface area contributed by atoms with Gasteiger partial charge in [0.25, 0.3) is 0 Å². The summed E-state index contributed by atoms with van der Waals surface area (Å²) in [6, 6.07) is 17.6. The van der Waals surface area contributed by atoms with Crippen LogP contribution in [0.25, 0.3) is 5.69 Å². The molecule has 2 aromatic heterocycles. The van der Waals surface area contributed by atoms with Gasteiger partial charge in [0.1, 0.15) is 23.9 Å². The molecular formula is C32H36N4O4S. The molecular weight excluding hydrogens is 536 g/mol. The van der Waals surface area contributed by atoms with Gasteiger partial charge in [-0.3, -0.25) is 14.5 Å². The lowest BCUT2D eigenvalue weighted by Gasteiger charge is -2.25. The van der Waals surface area contributed by atoms with Crippen molar-refractivity contribution in [3.63, 3.8) is 0 Å². The van der Waals surface area contributed by atoms with E-state index in [9.17, 15) is 9.59 Å². The number of benzene rings is 2. The third-order valence-electron chi connectivity index (χ3n) is 7.14. The number of carbonyl (C=O) groups is 2. The molecule has 0 aliphatic carbocycles. The maximum atomic E-state index is 13.9. The Hall–Kier alpha value is -3.98. The molecule has 1 aliphatic rings. The van der Waals surface area contributed by atoms with Gasteiger partial charge < -0.3 is 14.5 Å². The van der Waals surface area contributed by atoms with Crippen LogP contribution >= 0.6 is 11.8 Å². The zero-order valence-corrected chi connectivity index (χ0v) is 25.2. The third kappa shape index (κ3) is 5.77. The van der Waals surface area contributed by atoms with Crippen LogP contribution in [0.3, 0.4) is 0 Å². The van der Waals surface area contributed by atoms with Crippen LogP contribution in [-0.4, -0.2) is 41.0 Å². The molecule has 8 nitrogen and oxygen atoms in total. The van der Waals surface area contributed by atoms with Gasteiger partial charge in [-0.1, -0.05) is 56.7 Å². The highest BCUT2D eigenvalue weighted by Gasteiger charge is 2.40. The van der Waals surface area contributed by atoms with Crippen molar-refractivity contribution in [1.29, 1.82) is 0 Å². The fourth-order valence-electron chi connectivity index (χ4n) is 5.21. The number of thioether (sulfide) groups is 1. The Balaban J connectivity index is 1.72. The van der Waals surface area contributed by atoms with Gasteiger partial charge in [0.2, 0.25) is 11.8 Å². The van der Waals surface area contributed by atoms with E-state index in [1.807, 2.05) is 48.0 Å². The largest absolute Gasteiger partial charge is 0.496 e. The van der Waals surface area contributed by atoms with E-state index < -0.39 is 0 Å². The first-order valence-corrected chi connectivity index (χ1v) is 14.7. The second-order valence-electron chi connectivity index (χ2n) is 11.3. The predicted octanol–water partition coefficient (Wildman–Crippen LogP) is 5.87. The number of fused-ring (bicyclic) bond motifs is 1. The Morgan fingerprint density at radius 3 is 2.61 bits per heavy atom. The molecule has 2 amide bonds. The van der Waals surface area contributed by atoms with E-state index in [2.05, 4.69) is 39.1 Å². The van der Waals surface area contributed by atoms with Gasteiger partial charge in [-0.25, -0.2) is 4.68 Å². The van der Waals surface area contributed by atoms with Crippen molar-refractivity contribution in [2.75, 3.05) is 24.3 Å². The maximum absolute atomic E-state index is 13.9. The number of rotatable bonds is 7. The molecule has 5 rings (SSSR count). The lowest BCUT2D eigenvalue weighted by molar-refractivity contribution is -0.123. The molecule has 0 saturated heterocycles. The van der Waals surface area contributed by atoms with Gasteiger partial charge in [-0.15, -0.1) is 11.8 Å². The van der Waals surface area contributed by atoms with Crippen molar-refractivity contribution in [2.24, 2.45) is 0 Å². The van der Waals surface area contributed by atoms with Crippen molar-refractivity contribution in [1.82, 2.24) is 15.1 Å². The van der Waals surface area contributed by atoms with E-state index in [4.69, 9.17) is 14.3 Å². The highest BCUT2D eigenvalue weighted by Crippen LogP contribution is 2.50. The smallest absolute Gasteiger partial charge is 0.240 e. The second-order valence-corrected chi connectivity index (χ2v) is 12.4. The number of aryl methyl sites for hydroxylation is 2. The number of anilines is 1. The number of furan rings is 1. The Morgan fingerprint density at radius 2 is 1.93 bits per heavy atom. The zero-order valence-electron chi connectivity index (χ0n) is 24.4. The van der Waals surface area contributed by atoms with Crippen molar-refractivity contribution >= 4 is 29.4 Å². The van der Waals surface area contributed by atoms with Gasteiger partial charge in [-0.05, 0) is 43.7 Å². The minimum atomic E-state index is -0.352. The summed E-state index contributed by atoms with van der Waals surface area (Å²) in [5.74, 6) is 1.75. The highest BCUT2D eigenvalue weighted by molar-refractivity contribution is 8.00. The summed E-state index contributed by atoms with van der Waals surface area (Å²) in [6.45, 7) is 10.6. The molecule has 1 N–H and O–H groups in total. The predicted molar refractivity (Wildman–Crippen MR) is 162 cm³/mol. The van der Waals surface area contributed by atoms with Crippen LogP contribution in [0.4, 0.5) is 5.82 Å². The number of hydrogen-bond donors (Lipinski definition) is 1. The third-order valence-corrected chi connectivity index (χ3v) is 8.38. The van der Waals surface area contributed by atoms with Crippen molar-refractivity contribution in [3.05, 3.63) is 94.6 Å². The van der Waals surface area contributed by atoms with Crippen molar-refractivity contribution in [3.8, 4) is 11.4 Å². The summed E-state index contributed by atoms with van der Waals surface area (Å²) in [7, 11) is 1.66. The summed E-state index contributed by atoms with van der Waals surface area (Å²) < 4.78 is 13.0. The van der Waals surface area contributed by atoms with Crippen LogP contribution in [0.15, 0.2) is 65.3 Å². The normalized spacial score (nSPS) is 15.4. The lowest BCUT2D eigenvalue weighted by atomic mass is 9.87. The average molecular weight is 573 g/mol. The minimum absolute atomic E-state index is 0.147. The van der Waals surface area contributed by atoms with E-state index in [-0.39, 0.29) is 41.3 Å². The lowest BCUT2D eigenvalue weighted by Crippen LogP contribution is -2.42. The maximum Gasteiger partial charge on any atom is 0.240 e. The topological polar surface area (TPSA) is 89.6 Å². The van der Waals surface area contributed by atoms with Crippen LogP contribution in [0.5, 0.6) is 5.75 Å². The Kier molecular flexibility index (Phi) is 8.00. The number of nitrogens with zero attached hydrogens (tertiary/aromatic N) is 3. The van der Waals surface area contributed by atoms with E-state index in [0.29, 0.717) is 11.6 Å². The number of para-hydroxylation sites is 1. The van der Waals surface area contributed by atoms with Gasteiger partial charge in [0.15, 0.2) is 0 Å². The van der Waals surface area contributed by atoms with Crippen molar-refractivity contribution < 1.29 is 18.7 Å². The molecule has 41 heavy (non-hydrogen) atoms. The molecule has 3 heterocycles. The first-order chi connectivity index (χ1) is 19.6. The number of methoxy groups -OCH3 is 1. The molecule has 1 unspecified atom stereocenters. The number of hydrogen-bond acceptors (Lipinski definition) is 6. The van der Waals surface area contributed by atoms with Crippen LogP contribution in [0.2, 0.25) is 0 Å². The van der Waals surface area contributed by atoms with Crippen LogP contribution < -0.4 is 15.0 Å². The molecule has 1 aliphatic heterocycles. The van der Waals surface area contributed by atoms with Gasteiger partial charge >= 0.3 is 0 Å². The Labute approximate surface area is 245 Å². The summed E-state index contributed by atoms with van der Waals surface area (Å²) in [5, 5.41) is 7.85. The fraction of sp³-hybridized carbons (Fsp3) is 0.344. The average Bonchev–Trinajstić information content (AvgIpc) is 3.57. The van der Waals surface area contributed by atoms with E-state index in [1.165, 1.54) is 11.8 Å². The molecule has 0 spiro atoms. The number of ether oxygens (including phenoxy) is 1. The molecule has 9 heteroatoms. The van der Waals surface area contributed by atoms with E-state index in [1.54, 1.807) is 30.4 Å². The summed E-state index contributed by atoms with van der Waals surface area (Å²) in [6.07, 6.45) is 1.57. The SMILES string of the molecule is COc1ccccc1C1SCC(=O)N(CC(=O)NCc2ccco2)c2c1c(C(C)(C)C)nn2-c1ccc(C)cc1C. The van der Waals surface area contributed by atoms with Gasteiger partial charge in [0, 0.05) is 16.5 Å². The Morgan fingerprint density at radius 1 is 1.15 bits per heavy atom. The van der Waals surface area contributed by atoms with Crippen LogP contribution in [-0.2, 0) is 21.5 Å². The molecule has 1 atom stereocenters. The second kappa shape index (κ2) is 11.5. The molecule has 0 saturated carbocycles. The fourth-order valence-corrected chi connectivity index (χ4v) is 6.43.